The number of nitrogens with one attached hydrogen (secondary N) is 1. The fourth-order valence-corrected chi connectivity index (χ4v) is 3.04. The fraction of sp³-hybridized carbons (Fsp3) is 0.167. The van der Waals surface area contributed by atoms with Gasteiger partial charge >= 0.3 is 6.61 Å². The second-order valence-electron chi connectivity index (χ2n) is 5.86. The molecule has 2 heterocycles. The third-order valence-corrected chi connectivity index (χ3v) is 4.36. The third-order valence-electron chi connectivity index (χ3n) is 4.06. The number of hydrogen-bond donors (Lipinski definition) is 1. The van der Waals surface area contributed by atoms with Crippen molar-refractivity contribution in [1.82, 2.24) is 20.6 Å². The Labute approximate surface area is 157 Å². The second kappa shape index (κ2) is 7.32. The van der Waals surface area contributed by atoms with E-state index in [1.54, 1.807) is 12.1 Å². The van der Waals surface area contributed by atoms with Gasteiger partial charge in [0.2, 0.25) is 5.82 Å². The Hall–Kier alpha value is -3.00. The Morgan fingerprint density at radius 3 is 2.56 bits per heavy atom. The highest BCUT2D eigenvalue weighted by Gasteiger charge is 2.11. The number of tetrazole rings is 1. The highest BCUT2D eigenvalue weighted by Crippen LogP contribution is 2.29. The van der Waals surface area contributed by atoms with Crippen LogP contribution in [-0.4, -0.2) is 27.2 Å². The summed E-state index contributed by atoms with van der Waals surface area (Å²) in [5.74, 6) is 0.909. The average molecular weight is 391 g/mol. The zero-order valence-corrected chi connectivity index (χ0v) is 14.6. The Kier molecular flexibility index (Phi) is 4.72. The maximum absolute atomic E-state index is 12.3. The number of H-pyrrole nitrogens is 1. The lowest BCUT2D eigenvalue weighted by Gasteiger charge is -2.08. The van der Waals surface area contributed by atoms with Crippen LogP contribution in [0.5, 0.6) is 5.75 Å². The first-order valence-electron chi connectivity index (χ1n) is 8.08. The van der Waals surface area contributed by atoms with Crippen LogP contribution in [0.25, 0.3) is 22.6 Å². The quantitative estimate of drug-likeness (QED) is 0.518. The Morgan fingerprint density at radius 2 is 1.85 bits per heavy atom. The normalized spacial score (nSPS) is 11.4. The summed E-state index contributed by atoms with van der Waals surface area (Å²) in [7, 11) is 0. The molecule has 0 amide bonds. The zero-order valence-electron chi connectivity index (χ0n) is 13.8. The average Bonchev–Trinajstić information content (AvgIpc) is 3.30. The van der Waals surface area contributed by atoms with Crippen molar-refractivity contribution in [3.8, 4) is 17.3 Å². The van der Waals surface area contributed by atoms with Crippen LogP contribution in [0.2, 0.25) is 5.02 Å². The fourth-order valence-electron chi connectivity index (χ4n) is 2.79. The molecule has 0 unspecified atom stereocenters. The number of nitrogens with zero attached hydrogens (tertiary/aromatic N) is 3. The van der Waals surface area contributed by atoms with Gasteiger partial charge in [0, 0.05) is 5.39 Å². The molecule has 0 atom stereocenters. The number of ether oxygens (including phenoxy) is 1. The van der Waals surface area contributed by atoms with E-state index in [2.05, 4.69) is 25.4 Å². The number of alkyl halides is 2. The van der Waals surface area contributed by atoms with Gasteiger partial charge < -0.3 is 9.15 Å². The monoisotopic (exact) mass is 390 g/mol. The first-order chi connectivity index (χ1) is 13.1. The molecule has 0 aliphatic carbocycles. The highest BCUT2D eigenvalue weighted by molar-refractivity contribution is 6.32. The molecule has 27 heavy (non-hydrogen) atoms. The Balaban J connectivity index is 1.48. The number of halogens is 3. The van der Waals surface area contributed by atoms with E-state index < -0.39 is 6.61 Å². The minimum atomic E-state index is -2.90. The third kappa shape index (κ3) is 3.90. The van der Waals surface area contributed by atoms with Crippen molar-refractivity contribution >= 4 is 22.6 Å². The van der Waals surface area contributed by atoms with Crippen LogP contribution in [0.1, 0.15) is 11.1 Å². The maximum Gasteiger partial charge on any atom is 0.387 e. The van der Waals surface area contributed by atoms with Crippen molar-refractivity contribution < 1.29 is 17.9 Å². The molecule has 4 aromatic rings. The Bertz CT molecular complexity index is 1070. The molecular formula is C18H13ClF2N4O2. The van der Waals surface area contributed by atoms with Gasteiger partial charge in [0.25, 0.3) is 0 Å². The van der Waals surface area contributed by atoms with Gasteiger partial charge in [-0.1, -0.05) is 29.8 Å². The van der Waals surface area contributed by atoms with Crippen molar-refractivity contribution in [2.75, 3.05) is 0 Å². The van der Waals surface area contributed by atoms with Gasteiger partial charge in [0.1, 0.15) is 11.3 Å². The summed E-state index contributed by atoms with van der Waals surface area (Å²) in [4.78, 5) is 0. The van der Waals surface area contributed by atoms with Gasteiger partial charge in [-0.05, 0) is 53.4 Å². The summed E-state index contributed by atoms with van der Waals surface area (Å²) < 4.78 is 34.7. The van der Waals surface area contributed by atoms with E-state index in [1.165, 1.54) is 6.07 Å². The molecule has 4 rings (SSSR count). The number of rotatable bonds is 6. The predicted octanol–water partition coefficient (Wildman–Crippen LogP) is 4.65. The molecule has 0 bridgehead atoms. The number of hydrogen-bond acceptors (Lipinski definition) is 5. The van der Waals surface area contributed by atoms with Crippen molar-refractivity contribution in [2.45, 2.75) is 19.5 Å². The van der Waals surface area contributed by atoms with Gasteiger partial charge in [-0.3, -0.25) is 0 Å². The van der Waals surface area contributed by atoms with E-state index >= 15 is 0 Å². The molecule has 0 saturated heterocycles. The van der Waals surface area contributed by atoms with E-state index in [0.29, 0.717) is 18.0 Å². The summed E-state index contributed by atoms with van der Waals surface area (Å²) in [5.41, 5.74) is 2.72. The summed E-state index contributed by atoms with van der Waals surface area (Å²) in [5, 5.41) is 14.8. The molecule has 0 spiro atoms. The molecule has 138 valence electrons. The minimum Gasteiger partial charge on any atom is -0.453 e. The molecule has 6 nitrogen and oxygen atoms in total. The first-order valence-corrected chi connectivity index (χ1v) is 8.46. The van der Waals surface area contributed by atoms with Crippen molar-refractivity contribution in [1.29, 1.82) is 0 Å². The first kappa shape index (κ1) is 17.4. The van der Waals surface area contributed by atoms with Crippen LogP contribution in [0.3, 0.4) is 0 Å². The SMILES string of the molecule is FC(F)Oc1ccc(CCc2ccc3cc(-c4nn[nH]n4)oc3c2)cc1Cl. The molecular weight excluding hydrogens is 378 g/mol. The van der Waals surface area contributed by atoms with Gasteiger partial charge in [-0.25, -0.2) is 0 Å². The van der Waals surface area contributed by atoms with Crippen LogP contribution >= 0.6 is 11.6 Å². The van der Waals surface area contributed by atoms with Crippen LogP contribution in [0, 0.1) is 0 Å². The van der Waals surface area contributed by atoms with Gasteiger partial charge in [0.15, 0.2) is 5.76 Å². The number of benzene rings is 2. The van der Waals surface area contributed by atoms with E-state index in [9.17, 15) is 8.78 Å². The number of fused-ring (bicyclic) bond motifs is 1. The second-order valence-corrected chi connectivity index (χ2v) is 6.27. The molecule has 0 aliphatic heterocycles. The number of furan rings is 1. The summed E-state index contributed by atoms with van der Waals surface area (Å²) in [6, 6.07) is 12.6. The lowest BCUT2D eigenvalue weighted by Crippen LogP contribution is -2.02. The molecule has 2 aromatic heterocycles. The molecule has 0 fully saturated rings. The van der Waals surface area contributed by atoms with Gasteiger partial charge in [-0.15, -0.1) is 10.2 Å². The Morgan fingerprint density at radius 1 is 1.07 bits per heavy atom. The highest BCUT2D eigenvalue weighted by atomic mass is 35.5. The van der Waals surface area contributed by atoms with Crippen LogP contribution in [0.4, 0.5) is 8.78 Å². The molecule has 0 aliphatic rings. The molecule has 9 heteroatoms. The summed E-state index contributed by atoms with van der Waals surface area (Å²) in [6.45, 7) is -2.90. The number of aromatic nitrogens is 4. The van der Waals surface area contributed by atoms with E-state index in [1.807, 2.05) is 24.3 Å². The topological polar surface area (TPSA) is 76.8 Å². The zero-order chi connectivity index (χ0) is 18.8. The largest absolute Gasteiger partial charge is 0.453 e. The maximum atomic E-state index is 12.3. The van der Waals surface area contributed by atoms with Gasteiger partial charge in [-0.2, -0.15) is 14.0 Å². The standard InChI is InChI=1S/C18H13ClF2N4O2/c19-13-7-10(4-6-14(13)27-18(20)21)1-2-11-3-5-12-9-16(26-15(12)8-11)17-22-24-25-23-17/h3-9,18H,1-2H2,(H,22,23,24,25). The summed E-state index contributed by atoms with van der Waals surface area (Å²) >= 11 is 5.99. The lowest BCUT2D eigenvalue weighted by molar-refractivity contribution is -0.0497. The number of aromatic amines is 1. The number of aryl methyl sites for hydroxylation is 2. The minimum absolute atomic E-state index is 0.0265. The van der Waals surface area contributed by atoms with Crippen molar-refractivity contribution in [2.24, 2.45) is 0 Å². The summed E-state index contributed by atoms with van der Waals surface area (Å²) in [6.07, 6.45) is 1.43. The van der Waals surface area contributed by atoms with Crippen LogP contribution in [0.15, 0.2) is 46.9 Å². The van der Waals surface area contributed by atoms with Crippen molar-refractivity contribution in [3.63, 3.8) is 0 Å². The van der Waals surface area contributed by atoms with E-state index in [4.69, 9.17) is 16.0 Å². The van der Waals surface area contributed by atoms with Crippen LogP contribution in [-0.2, 0) is 12.8 Å². The van der Waals surface area contributed by atoms with Crippen molar-refractivity contribution in [3.05, 3.63) is 58.6 Å². The molecule has 0 saturated carbocycles. The van der Waals surface area contributed by atoms with E-state index in [0.717, 1.165) is 28.5 Å². The molecule has 0 radical (unpaired) electrons. The molecule has 2 aromatic carbocycles. The van der Waals surface area contributed by atoms with Gasteiger partial charge in [0.05, 0.1) is 5.02 Å². The smallest absolute Gasteiger partial charge is 0.387 e. The predicted molar refractivity (Wildman–Crippen MR) is 94.9 cm³/mol. The van der Waals surface area contributed by atoms with E-state index in [-0.39, 0.29) is 10.8 Å². The lowest BCUT2D eigenvalue weighted by atomic mass is 10.0. The van der Waals surface area contributed by atoms with Crippen LogP contribution < -0.4 is 4.74 Å². The molecule has 1 N–H and O–H groups in total.